The van der Waals surface area contributed by atoms with Crippen LogP contribution in [-0.2, 0) is 6.42 Å². The van der Waals surface area contributed by atoms with E-state index in [-0.39, 0.29) is 11.6 Å². The zero-order valence-electron chi connectivity index (χ0n) is 17.2. The molecule has 0 aliphatic carbocycles. The minimum absolute atomic E-state index is 0.0691. The average molecular weight is 409 g/mol. The second-order valence-corrected chi connectivity index (χ2v) is 8.10. The number of nitro benzene ring substituents is 1. The van der Waals surface area contributed by atoms with Gasteiger partial charge in [-0.2, -0.15) is 0 Å². The molecule has 0 saturated carbocycles. The van der Waals surface area contributed by atoms with Crippen LogP contribution in [0.15, 0.2) is 42.5 Å². The van der Waals surface area contributed by atoms with Gasteiger partial charge in [-0.3, -0.25) is 14.9 Å². The van der Waals surface area contributed by atoms with Crippen molar-refractivity contribution in [3.63, 3.8) is 0 Å². The van der Waals surface area contributed by atoms with Gasteiger partial charge in [0, 0.05) is 37.5 Å². The molecule has 2 aromatic rings. The fourth-order valence-electron chi connectivity index (χ4n) is 4.30. The van der Waals surface area contributed by atoms with Gasteiger partial charge in [0.1, 0.15) is 0 Å². The predicted molar refractivity (Wildman–Crippen MR) is 118 cm³/mol. The van der Waals surface area contributed by atoms with Crippen molar-refractivity contribution in [2.45, 2.75) is 32.1 Å². The van der Waals surface area contributed by atoms with Crippen molar-refractivity contribution in [2.75, 3.05) is 42.9 Å². The first-order valence-electron chi connectivity index (χ1n) is 10.8. The van der Waals surface area contributed by atoms with Crippen LogP contribution in [0.3, 0.4) is 0 Å². The highest BCUT2D eigenvalue weighted by atomic mass is 16.6. The number of likely N-dealkylation sites (tertiary alicyclic amines) is 1. The summed E-state index contributed by atoms with van der Waals surface area (Å²) in [6, 6.07) is 12.4. The van der Waals surface area contributed by atoms with E-state index in [1.165, 1.54) is 43.6 Å². The highest BCUT2D eigenvalue weighted by molar-refractivity contribution is 6.08. The molecule has 7 heteroatoms. The smallest absolute Gasteiger partial charge is 0.270 e. The lowest BCUT2D eigenvalue weighted by Crippen LogP contribution is -2.23. The summed E-state index contributed by atoms with van der Waals surface area (Å²) in [4.78, 5) is 28.4. The number of anilines is 2. The normalized spacial score (nSPS) is 16.7. The Morgan fingerprint density at radius 1 is 0.967 bits per heavy atom. The quantitative estimate of drug-likeness (QED) is 0.552. The minimum atomic E-state index is -0.459. The second kappa shape index (κ2) is 9.26. The Kier molecular flexibility index (Phi) is 6.28. The van der Waals surface area contributed by atoms with Crippen LogP contribution in [0.25, 0.3) is 0 Å². The molecule has 2 aromatic carbocycles. The third kappa shape index (κ3) is 4.79. The molecule has 2 saturated heterocycles. The largest absolute Gasteiger partial charge is 0.371 e. The van der Waals surface area contributed by atoms with Crippen LogP contribution in [-0.4, -0.2) is 48.5 Å². The first-order valence-corrected chi connectivity index (χ1v) is 10.8. The molecule has 0 unspecified atom stereocenters. The van der Waals surface area contributed by atoms with Gasteiger partial charge in [-0.25, -0.2) is 0 Å². The predicted octanol–water partition coefficient (Wildman–Crippen LogP) is 4.09. The number of benzene rings is 2. The Morgan fingerprint density at radius 3 is 2.30 bits per heavy atom. The zero-order valence-corrected chi connectivity index (χ0v) is 17.2. The van der Waals surface area contributed by atoms with E-state index in [1.807, 2.05) is 24.3 Å². The van der Waals surface area contributed by atoms with Crippen molar-refractivity contribution in [3.8, 4) is 0 Å². The molecule has 4 rings (SSSR count). The molecule has 0 spiro atoms. The highest BCUT2D eigenvalue weighted by Crippen LogP contribution is 2.29. The van der Waals surface area contributed by atoms with Gasteiger partial charge in [-0.1, -0.05) is 12.1 Å². The molecule has 2 aliphatic rings. The van der Waals surface area contributed by atoms with Gasteiger partial charge in [0.15, 0.2) is 0 Å². The van der Waals surface area contributed by atoms with Crippen molar-refractivity contribution in [3.05, 3.63) is 63.7 Å². The maximum atomic E-state index is 13.0. The number of non-ortho nitro benzene ring substituents is 1. The van der Waals surface area contributed by atoms with Crippen LogP contribution < -0.4 is 10.2 Å². The maximum Gasteiger partial charge on any atom is 0.270 e. The molecule has 2 heterocycles. The lowest BCUT2D eigenvalue weighted by atomic mass is 10.1. The Balaban J connectivity index is 1.45. The number of nitrogens with one attached hydrogen (secondary N) is 1. The first kappa shape index (κ1) is 20.3. The molecule has 0 bridgehead atoms. The molecule has 7 nitrogen and oxygen atoms in total. The van der Waals surface area contributed by atoms with Crippen molar-refractivity contribution >= 4 is 23.0 Å². The summed E-state index contributed by atoms with van der Waals surface area (Å²) in [6.45, 7) is 5.18. The summed E-state index contributed by atoms with van der Waals surface area (Å²) in [5.41, 5.74) is 2.99. The van der Waals surface area contributed by atoms with Crippen molar-refractivity contribution in [1.29, 1.82) is 0 Å². The summed E-state index contributed by atoms with van der Waals surface area (Å²) >= 11 is 0. The van der Waals surface area contributed by atoms with E-state index in [0.29, 0.717) is 11.3 Å². The summed E-state index contributed by atoms with van der Waals surface area (Å²) in [7, 11) is 0. The van der Waals surface area contributed by atoms with Gasteiger partial charge in [-0.05, 0) is 69.0 Å². The molecule has 0 radical (unpaired) electrons. The summed E-state index contributed by atoms with van der Waals surface area (Å²) < 4.78 is 0. The molecule has 2 aliphatic heterocycles. The average Bonchev–Trinajstić information content (AvgIpc) is 3.47. The molecule has 0 atom stereocenters. The minimum Gasteiger partial charge on any atom is -0.371 e. The molecule has 158 valence electrons. The number of rotatable bonds is 7. The van der Waals surface area contributed by atoms with Crippen LogP contribution in [0, 0.1) is 10.1 Å². The van der Waals surface area contributed by atoms with E-state index in [0.717, 1.165) is 44.6 Å². The summed E-state index contributed by atoms with van der Waals surface area (Å²) in [5.74, 6) is -0.314. The van der Waals surface area contributed by atoms with E-state index in [2.05, 4.69) is 15.1 Å². The molecular formula is C23H28N4O3. The first-order chi connectivity index (χ1) is 14.6. The summed E-state index contributed by atoms with van der Waals surface area (Å²) in [5, 5.41) is 14.1. The van der Waals surface area contributed by atoms with E-state index in [4.69, 9.17) is 0 Å². The molecule has 2 fully saturated rings. The van der Waals surface area contributed by atoms with E-state index >= 15 is 0 Å². The SMILES string of the molecule is O=C(Nc1ccc(CCN2CCCC2)cc1)c1cc([N+](=O)[O-])ccc1N1CCCC1. The van der Waals surface area contributed by atoms with E-state index in [1.54, 1.807) is 6.07 Å². The number of hydrogen-bond acceptors (Lipinski definition) is 5. The third-order valence-electron chi connectivity index (χ3n) is 6.01. The van der Waals surface area contributed by atoms with Crippen LogP contribution in [0.4, 0.5) is 17.1 Å². The second-order valence-electron chi connectivity index (χ2n) is 8.10. The van der Waals surface area contributed by atoms with Gasteiger partial charge < -0.3 is 15.1 Å². The molecule has 30 heavy (non-hydrogen) atoms. The topological polar surface area (TPSA) is 78.7 Å². The Bertz CT molecular complexity index is 901. The number of carbonyl (C=O) groups excluding carboxylic acids is 1. The summed E-state index contributed by atoms with van der Waals surface area (Å²) in [6.07, 6.45) is 5.72. The Morgan fingerprint density at radius 2 is 1.63 bits per heavy atom. The van der Waals surface area contributed by atoms with Crippen molar-refractivity contribution < 1.29 is 9.72 Å². The molecule has 1 amide bonds. The van der Waals surface area contributed by atoms with Gasteiger partial charge >= 0.3 is 0 Å². The van der Waals surface area contributed by atoms with E-state index in [9.17, 15) is 14.9 Å². The molecule has 1 N–H and O–H groups in total. The lowest BCUT2D eigenvalue weighted by molar-refractivity contribution is -0.384. The fourth-order valence-corrected chi connectivity index (χ4v) is 4.30. The zero-order chi connectivity index (χ0) is 20.9. The van der Waals surface area contributed by atoms with E-state index < -0.39 is 4.92 Å². The number of nitro groups is 1. The third-order valence-corrected chi connectivity index (χ3v) is 6.01. The number of nitrogens with zero attached hydrogens (tertiary/aromatic N) is 3. The molecule has 0 aromatic heterocycles. The maximum absolute atomic E-state index is 13.0. The van der Waals surface area contributed by atoms with Crippen LogP contribution in [0.1, 0.15) is 41.6 Å². The van der Waals surface area contributed by atoms with Crippen LogP contribution >= 0.6 is 0 Å². The monoisotopic (exact) mass is 408 g/mol. The van der Waals surface area contributed by atoms with Gasteiger partial charge in [0.25, 0.3) is 11.6 Å². The van der Waals surface area contributed by atoms with Crippen molar-refractivity contribution in [2.24, 2.45) is 0 Å². The standard InChI is InChI=1S/C23H28N4O3/c28-23(21-17-20(27(29)30)9-10-22(21)26-14-3-4-15-26)24-19-7-5-18(6-8-19)11-16-25-12-1-2-13-25/h5-10,17H,1-4,11-16H2,(H,24,28). The molecular weight excluding hydrogens is 380 g/mol. The van der Waals surface area contributed by atoms with Gasteiger partial charge in [0.2, 0.25) is 0 Å². The van der Waals surface area contributed by atoms with Crippen LogP contribution in [0.2, 0.25) is 0 Å². The Labute approximate surface area is 176 Å². The number of hydrogen-bond donors (Lipinski definition) is 1. The number of carbonyl (C=O) groups is 1. The van der Waals surface area contributed by atoms with Crippen LogP contribution in [0.5, 0.6) is 0 Å². The Hall–Kier alpha value is -2.93. The fraction of sp³-hybridized carbons (Fsp3) is 0.435. The van der Waals surface area contributed by atoms with Crippen molar-refractivity contribution in [1.82, 2.24) is 4.90 Å². The van der Waals surface area contributed by atoms with Gasteiger partial charge in [0.05, 0.1) is 16.2 Å². The lowest BCUT2D eigenvalue weighted by Gasteiger charge is -2.21. The number of amides is 1. The van der Waals surface area contributed by atoms with Gasteiger partial charge in [-0.15, -0.1) is 0 Å². The highest BCUT2D eigenvalue weighted by Gasteiger charge is 2.22.